The largest absolute Gasteiger partial charge is 0.365 e. The molecule has 2 N–H and O–H groups in total. The third kappa shape index (κ3) is 3.88. The van der Waals surface area contributed by atoms with Crippen molar-refractivity contribution in [3.63, 3.8) is 0 Å². The zero-order chi connectivity index (χ0) is 14.8. The highest BCUT2D eigenvalue weighted by molar-refractivity contribution is 5.55. The van der Waals surface area contributed by atoms with Gasteiger partial charge in [0, 0.05) is 17.8 Å². The smallest absolute Gasteiger partial charge is 0.229 e. The minimum absolute atomic E-state index is 0.124. The van der Waals surface area contributed by atoms with Crippen LogP contribution in [0.5, 0.6) is 0 Å². The normalized spacial score (nSPS) is 11.2. The molecule has 0 unspecified atom stereocenters. The van der Waals surface area contributed by atoms with Crippen molar-refractivity contribution in [2.75, 3.05) is 10.6 Å². The van der Waals surface area contributed by atoms with E-state index in [0.29, 0.717) is 5.82 Å². The molecule has 2 aromatic rings. The van der Waals surface area contributed by atoms with Gasteiger partial charge in [-0.1, -0.05) is 0 Å². The highest BCUT2D eigenvalue weighted by Crippen LogP contribution is 2.19. The summed E-state index contributed by atoms with van der Waals surface area (Å²) in [6.45, 7) is 6.01. The second kappa shape index (κ2) is 5.40. The molecule has 1 aromatic carbocycles. The monoisotopic (exact) mass is 278 g/mol. The van der Waals surface area contributed by atoms with Crippen LogP contribution in [0.3, 0.4) is 0 Å². The van der Waals surface area contributed by atoms with Gasteiger partial charge >= 0.3 is 0 Å². The molecule has 0 spiro atoms. The fourth-order valence-electron chi connectivity index (χ4n) is 1.58. The Kier molecular flexibility index (Phi) is 3.83. The zero-order valence-electron chi connectivity index (χ0n) is 11.5. The maximum Gasteiger partial charge on any atom is 0.229 e. The Morgan fingerprint density at radius 1 is 1.10 bits per heavy atom. The first-order valence-corrected chi connectivity index (χ1v) is 6.17. The van der Waals surface area contributed by atoms with Crippen LogP contribution >= 0.6 is 0 Å². The van der Waals surface area contributed by atoms with Gasteiger partial charge in [0.2, 0.25) is 5.95 Å². The van der Waals surface area contributed by atoms with Gasteiger partial charge in [0.15, 0.2) is 0 Å². The average Bonchev–Trinajstić information content (AvgIpc) is 2.31. The van der Waals surface area contributed by atoms with Crippen LogP contribution in [0.25, 0.3) is 0 Å². The first kappa shape index (κ1) is 14.2. The van der Waals surface area contributed by atoms with E-state index in [1.165, 1.54) is 12.1 Å². The molecular weight excluding hydrogens is 262 g/mol. The topological polar surface area (TPSA) is 49.8 Å². The van der Waals surface area contributed by atoms with Crippen LogP contribution in [0.2, 0.25) is 0 Å². The highest BCUT2D eigenvalue weighted by atomic mass is 19.1. The van der Waals surface area contributed by atoms with Crippen molar-refractivity contribution >= 4 is 17.5 Å². The number of benzene rings is 1. The van der Waals surface area contributed by atoms with Gasteiger partial charge in [-0.05, 0) is 39.0 Å². The van der Waals surface area contributed by atoms with Crippen molar-refractivity contribution in [1.29, 1.82) is 0 Å². The number of hydrogen-bond donors (Lipinski definition) is 2. The molecule has 20 heavy (non-hydrogen) atoms. The number of anilines is 3. The van der Waals surface area contributed by atoms with Gasteiger partial charge in [0.25, 0.3) is 0 Å². The minimum Gasteiger partial charge on any atom is -0.365 e. The average molecular weight is 278 g/mol. The van der Waals surface area contributed by atoms with E-state index in [-0.39, 0.29) is 17.2 Å². The second-order valence-electron chi connectivity index (χ2n) is 5.39. The molecule has 0 radical (unpaired) electrons. The Morgan fingerprint density at radius 3 is 2.50 bits per heavy atom. The van der Waals surface area contributed by atoms with Crippen molar-refractivity contribution in [1.82, 2.24) is 9.97 Å². The van der Waals surface area contributed by atoms with Crippen LogP contribution < -0.4 is 10.6 Å². The first-order valence-electron chi connectivity index (χ1n) is 6.17. The summed E-state index contributed by atoms with van der Waals surface area (Å²) >= 11 is 0. The van der Waals surface area contributed by atoms with Gasteiger partial charge in [-0.2, -0.15) is 4.98 Å². The summed E-state index contributed by atoms with van der Waals surface area (Å²) in [6.07, 6.45) is 1.56. The second-order valence-corrected chi connectivity index (χ2v) is 5.39. The van der Waals surface area contributed by atoms with E-state index in [4.69, 9.17) is 0 Å². The maximum absolute atomic E-state index is 13.5. The molecule has 0 amide bonds. The Balaban J connectivity index is 2.19. The molecule has 4 nitrogen and oxygen atoms in total. The molecule has 1 aromatic heterocycles. The third-order valence-electron chi connectivity index (χ3n) is 2.34. The molecule has 0 aliphatic rings. The van der Waals surface area contributed by atoms with Crippen LogP contribution in [-0.4, -0.2) is 15.5 Å². The zero-order valence-corrected chi connectivity index (χ0v) is 11.5. The molecule has 0 atom stereocenters. The fourth-order valence-corrected chi connectivity index (χ4v) is 1.58. The van der Waals surface area contributed by atoms with E-state index in [0.717, 1.165) is 6.07 Å². The summed E-state index contributed by atoms with van der Waals surface area (Å²) in [6, 6.07) is 5.00. The van der Waals surface area contributed by atoms with Crippen LogP contribution in [0.15, 0.2) is 30.5 Å². The molecule has 0 saturated heterocycles. The molecule has 1 heterocycles. The number of nitrogens with one attached hydrogen (secondary N) is 2. The number of halogens is 2. The van der Waals surface area contributed by atoms with Gasteiger partial charge in [-0.3, -0.25) is 0 Å². The lowest BCUT2D eigenvalue weighted by Crippen LogP contribution is -2.26. The van der Waals surface area contributed by atoms with Gasteiger partial charge < -0.3 is 10.6 Å². The van der Waals surface area contributed by atoms with Crippen molar-refractivity contribution in [2.45, 2.75) is 26.3 Å². The first-order chi connectivity index (χ1) is 9.33. The Labute approximate surface area is 116 Å². The van der Waals surface area contributed by atoms with E-state index in [1.807, 2.05) is 20.8 Å². The van der Waals surface area contributed by atoms with E-state index < -0.39 is 11.6 Å². The van der Waals surface area contributed by atoms with Crippen molar-refractivity contribution in [3.05, 3.63) is 42.1 Å². The van der Waals surface area contributed by atoms with E-state index in [9.17, 15) is 8.78 Å². The molecular formula is C14H16F2N4. The molecule has 0 bridgehead atoms. The van der Waals surface area contributed by atoms with E-state index >= 15 is 0 Å². The molecule has 6 heteroatoms. The lowest BCUT2D eigenvalue weighted by atomic mass is 10.1. The molecule has 0 fully saturated rings. The quantitative estimate of drug-likeness (QED) is 0.898. The predicted molar refractivity (Wildman–Crippen MR) is 75.0 cm³/mol. The lowest BCUT2D eigenvalue weighted by molar-refractivity contribution is 0.586. The molecule has 0 aliphatic heterocycles. The Bertz CT molecular complexity index is 608. The third-order valence-corrected chi connectivity index (χ3v) is 2.34. The lowest BCUT2D eigenvalue weighted by Gasteiger charge is -2.21. The standard InChI is InChI=1S/C14H16F2N4/c1-14(2,3)20-12-6-7-17-13(19-12)18-11-5-4-9(15)8-10(11)16/h4-8H,1-3H3,(H2,17,18,19,20). The highest BCUT2D eigenvalue weighted by Gasteiger charge is 2.11. The number of nitrogens with zero attached hydrogens (tertiary/aromatic N) is 2. The summed E-state index contributed by atoms with van der Waals surface area (Å²) in [5.41, 5.74) is -0.0217. The van der Waals surface area contributed by atoms with Crippen molar-refractivity contribution in [3.8, 4) is 0 Å². The van der Waals surface area contributed by atoms with Crippen LogP contribution in [0.1, 0.15) is 20.8 Å². The van der Waals surface area contributed by atoms with Crippen molar-refractivity contribution in [2.24, 2.45) is 0 Å². The van der Waals surface area contributed by atoms with Gasteiger partial charge in [0.1, 0.15) is 17.5 Å². The molecule has 2 rings (SSSR count). The predicted octanol–water partition coefficient (Wildman–Crippen LogP) is 3.71. The van der Waals surface area contributed by atoms with Gasteiger partial charge in [0.05, 0.1) is 5.69 Å². The maximum atomic E-state index is 13.5. The van der Waals surface area contributed by atoms with Crippen molar-refractivity contribution < 1.29 is 8.78 Å². The summed E-state index contributed by atoms with van der Waals surface area (Å²) < 4.78 is 26.4. The van der Waals surface area contributed by atoms with Crippen LogP contribution in [0.4, 0.5) is 26.2 Å². The summed E-state index contributed by atoms with van der Waals surface area (Å²) in [5, 5.41) is 5.91. The number of aromatic nitrogens is 2. The summed E-state index contributed by atoms with van der Waals surface area (Å²) in [7, 11) is 0. The molecule has 0 aliphatic carbocycles. The number of hydrogen-bond acceptors (Lipinski definition) is 4. The molecule has 0 saturated carbocycles. The minimum atomic E-state index is -0.692. The van der Waals surface area contributed by atoms with Crippen LogP contribution in [0, 0.1) is 11.6 Å². The van der Waals surface area contributed by atoms with Gasteiger partial charge in [-0.25, -0.2) is 13.8 Å². The fraction of sp³-hybridized carbons (Fsp3) is 0.286. The van der Waals surface area contributed by atoms with Gasteiger partial charge in [-0.15, -0.1) is 0 Å². The number of rotatable bonds is 3. The van der Waals surface area contributed by atoms with E-state index in [2.05, 4.69) is 20.6 Å². The summed E-state index contributed by atoms with van der Waals surface area (Å²) in [5.74, 6) is -0.456. The Hall–Kier alpha value is -2.24. The molecule has 106 valence electrons. The SMILES string of the molecule is CC(C)(C)Nc1ccnc(Nc2ccc(F)cc2F)n1. The van der Waals surface area contributed by atoms with E-state index in [1.54, 1.807) is 12.3 Å². The Morgan fingerprint density at radius 2 is 1.85 bits per heavy atom. The van der Waals surface area contributed by atoms with Crippen LogP contribution in [-0.2, 0) is 0 Å². The summed E-state index contributed by atoms with van der Waals surface area (Å²) in [4.78, 5) is 8.23.